The fraction of sp³-hybridized carbons (Fsp3) is 0. The lowest BCUT2D eigenvalue weighted by Crippen LogP contribution is -1.99. The first kappa shape index (κ1) is 26.4. The monoisotopic (exact) mass is 624 g/mol. The van der Waals surface area contributed by atoms with E-state index in [-0.39, 0.29) is 0 Å². The maximum Gasteiger partial charge on any atom is 0.137 e. The summed E-state index contributed by atoms with van der Waals surface area (Å²) in [5, 5.41) is 9.80. The van der Waals surface area contributed by atoms with E-state index in [0.717, 1.165) is 22.5 Å². The highest BCUT2D eigenvalue weighted by atomic mass is 15.1. The zero-order chi connectivity index (χ0) is 32.1. The zero-order valence-electron chi connectivity index (χ0n) is 26.5. The Labute approximate surface area is 281 Å². The summed E-state index contributed by atoms with van der Waals surface area (Å²) in [5.41, 5.74) is 9.40. The predicted molar refractivity (Wildman–Crippen MR) is 205 cm³/mol. The Morgan fingerprint density at radius 1 is 0.327 bits per heavy atom. The number of hydrogen-bond acceptors (Lipinski definition) is 1. The SMILES string of the molecule is c1ccc(-n2c3ccc(-n4c5ccccc5c5ccccc54)cc3c3cc(-n4c5ccccc5c5ccccc54)c4ccccc4c32)nc1. The second-order valence-corrected chi connectivity index (χ2v) is 12.8. The molecule has 0 unspecified atom stereocenters. The third-order valence-electron chi connectivity index (χ3n) is 10.3. The Morgan fingerprint density at radius 3 is 1.39 bits per heavy atom. The van der Waals surface area contributed by atoms with Crippen molar-refractivity contribution in [2.75, 3.05) is 0 Å². The summed E-state index contributed by atoms with van der Waals surface area (Å²) in [7, 11) is 0. The van der Waals surface area contributed by atoms with Crippen LogP contribution in [0.1, 0.15) is 0 Å². The highest BCUT2D eigenvalue weighted by molar-refractivity contribution is 6.22. The van der Waals surface area contributed by atoms with E-state index in [0.29, 0.717) is 0 Å². The van der Waals surface area contributed by atoms with E-state index in [4.69, 9.17) is 4.98 Å². The van der Waals surface area contributed by atoms with Gasteiger partial charge in [0.2, 0.25) is 0 Å². The van der Waals surface area contributed by atoms with Gasteiger partial charge in [0, 0.05) is 55.0 Å². The molecule has 0 bridgehead atoms. The first-order valence-corrected chi connectivity index (χ1v) is 16.7. The Kier molecular flexibility index (Phi) is 5.35. The van der Waals surface area contributed by atoms with Crippen molar-refractivity contribution in [1.82, 2.24) is 18.7 Å². The minimum atomic E-state index is 0.905. The van der Waals surface area contributed by atoms with Gasteiger partial charge >= 0.3 is 0 Å². The molecule has 0 fully saturated rings. The van der Waals surface area contributed by atoms with Gasteiger partial charge in [0.05, 0.1) is 38.8 Å². The molecule has 0 aliphatic rings. The topological polar surface area (TPSA) is 27.7 Å². The van der Waals surface area contributed by atoms with Crippen molar-refractivity contribution >= 4 is 76.2 Å². The van der Waals surface area contributed by atoms with Crippen LogP contribution in [-0.2, 0) is 0 Å². The van der Waals surface area contributed by atoms with Crippen LogP contribution in [0, 0.1) is 0 Å². The molecule has 4 aromatic heterocycles. The van der Waals surface area contributed by atoms with Gasteiger partial charge in [-0.2, -0.15) is 0 Å². The van der Waals surface area contributed by atoms with Crippen LogP contribution in [0.5, 0.6) is 0 Å². The van der Waals surface area contributed by atoms with Gasteiger partial charge in [0.25, 0.3) is 0 Å². The summed E-state index contributed by atoms with van der Waals surface area (Å²) < 4.78 is 7.20. The molecular weight excluding hydrogens is 597 g/mol. The highest BCUT2D eigenvalue weighted by Crippen LogP contribution is 2.43. The number of aromatic nitrogens is 4. The van der Waals surface area contributed by atoms with Gasteiger partial charge in [0.15, 0.2) is 0 Å². The molecule has 49 heavy (non-hydrogen) atoms. The van der Waals surface area contributed by atoms with E-state index < -0.39 is 0 Å². The molecule has 0 saturated heterocycles. The molecule has 0 atom stereocenters. The molecule has 0 saturated carbocycles. The summed E-state index contributed by atoms with van der Waals surface area (Å²) in [6.07, 6.45) is 1.88. The van der Waals surface area contributed by atoms with Gasteiger partial charge in [-0.25, -0.2) is 4.98 Å². The van der Waals surface area contributed by atoms with Gasteiger partial charge in [-0.15, -0.1) is 0 Å². The minimum absolute atomic E-state index is 0.905. The van der Waals surface area contributed by atoms with Crippen LogP contribution < -0.4 is 0 Å². The van der Waals surface area contributed by atoms with E-state index in [1.165, 1.54) is 70.8 Å². The molecule has 0 N–H and O–H groups in total. The largest absolute Gasteiger partial charge is 0.309 e. The standard InChI is InChI=1S/C45H28N4/c1-2-18-35-34(17-1)43(48-40-21-9-5-15-32(40)33-16-6-10-22-41(33)48)28-37-36-27-29(24-25-42(36)49(45(35)37)44-23-11-12-26-46-44)47-38-19-7-3-13-30(38)31-14-4-8-20-39(31)47/h1-28H. The lowest BCUT2D eigenvalue weighted by atomic mass is 10.0. The molecule has 4 heteroatoms. The van der Waals surface area contributed by atoms with Crippen LogP contribution in [0.2, 0.25) is 0 Å². The molecule has 0 aliphatic heterocycles. The number of pyridine rings is 1. The highest BCUT2D eigenvalue weighted by Gasteiger charge is 2.22. The van der Waals surface area contributed by atoms with Crippen molar-refractivity contribution in [1.29, 1.82) is 0 Å². The third-order valence-corrected chi connectivity index (χ3v) is 10.3. The first-order chi connectivity index (χ1) is 24.3. The van der Waals surface area contributed by atoms with Gasteiger partial charge in [-0.3, -0.25) is 4.57 Å². The summed E-state index contributed by atoms with van der Waals surface area (Å²) in [6.45, 7) is 0. The number of nitrogens with zero attached hydrogens (tertiary/aromatic N) is 4. The maximum atomic E-state index is 4.89. The molecule has 228 valence electrons. The Morgan fingerprint density at radius 2 is 0.816 bits per heavy atom. The number of rotatable bonds is 3. The first-order valence-electron chi connectivity index (χ1n) is 16.7. The Hall–Kier alpha value is -6.65. The lowest BCUT2D eigenvalue weighted by molar-refractivity contribution is 1.08. The fourth-order valence-corrected chi connectivity index (χ4v) is 8.27. The normalized spacial score (nSPS) is 12.1. The summed E-state index contributed by atoms with van der Waals surface area (Å²) in [6, 6.07) is 59.3. The molecule has 0 spiro atoms. The third kappa shape index (κ3) is 3.60. The van der Waals surface area contributed by atoms with Crippen molar-refractivity contribution in [3.05, 3.63) is 170 Å². The smallest absolute Gasteiger partial charge is 0.137 e. The van der Waals surface area contributed by atoms with Crippen molar-refractivity contribution in [3.63, 3.8) is 0 Å². The van der Waals surface area contributed by atoms with Crippen LogP contribution in [-0.4, -0.2) is 18.7 Å². The van der Waals surface area contributed by atoms with Gasteiger partial charge in [0.1, 0.15) is 5.82 Å². The lowest BCUT2D eigenvalue weighted by Gasteiger charge is -2.14. The summed E-state index contributed by atoms with van der Waals surface area (Å²) in [4.78, 5) is 4.89. The van der Waals surface area contributed by atoms with Crippen LogP contribution in [0.25, 0.3) is 93.4 Å². The van der Waals surface area contributed by atoms with Gasteiger partial charge in [-0.1, -0.05) is 103 Å². The molecular formula is C45H28N4. The predicted octanol–water partition coefficient (Wildman–Crippen LogP) is 11.5. The molecule has 11 rings (SSSR count). The summed E-state index contributed by atoms with van der Waals surface area (Å²) in [5.74, 6) is 0.905. The molecule has 11 aromatic rings. The van der Waals surface area contributed by atoms with Crippen molar-refractivity contribution < 1.29 is 0 Å². The average Bonchev–Trinajstić information content (AvgIpc) is 3.80. The molecule has 0 amide bonds. The molecule has 4 nitrogen and oxygen atoms in total. The second kappa shape index (κ2) is 9.93. The van der Waals surface area contributed by atoms with Crippen molar-refractivity contribution in [2.45, 2.75) is 0 Å². The number of fused-ring (bicyclic) bond motifs is 11. The Bertz CT molecular complexity index is 3000. The van der Waals surface area contributed by atoms with Crippen molar-refractivity contribution in [2.24, 2.45) is 0 Å². The molecule has 0 aliphatic carbocycles. The van der Waals surface area contributed by atoms with Crippen LogP contribution in [0.4, 0.5) is 0 Å². The Balaban J connectivity index is 1.32. The number of para-hydroxylation sites is 4. The quantitative estimate of drug-likeness (QED) is 0.192. The van der Waals surface area contributed by atoms with Crippen molar-refractivity contribution in [3.8, 4) is 17.2 Å². The van der Waals surface area contributed by atoms with E-state index >= 15 is 0 Å². The van der Waals surface area contributed by atoms with E-state index in [1.54, 1.807) is 0 Å². The average molecular weight is 625 g/mol. The molecule has 7 aromatic carbocycles. The zero-order valence-corrected chi connectivity index (χ0v) is 26.5. The van der Waals surface area contributed by atoms with Gasteiger partial charge < -0.3 is 9.13 Å². The van der Waals surface area contributed by atoms with Gasteiger partial charge in [-0.05, 0) is 60.7 Å². The minimum Gasteiger partial charge on any atom is -0.309 e. The van der Waals surface area contributed by atoms with E-state index in [9.17, 15) is 0 Å². The second-order valence-electron chi connectivity index (χ2n) is 12.8. The van der Waals surface area contributed by atoms with Crippen LogP contribution in [0.15, 0.2) is 170 Å². The van der Waals surface area contributed by atoms with E-state index in [1.807, 2.05) is 12.3 Å². The number of benzene rings is 7. The fourth-order valence-electron chi connectivity index (χ4n) is 8.27. The molecule has 0 radical (unpaired) electrons. The number of hydrogen-bond donors (Lipinski definition) is 0. The maximum absolute atomic E-state index is 4.89. The van der Waals surface area contributed by atoms with Crippen LogP contribution >= 0.6 is 0 Å². The molecule has 4 heterocycles. The van der Waals surface area contributed by atoms with E-state index in [2.05, 4.69) is 171 Å². The summed E-state index contributed by atoms with van der Waals surface area (Å²) >= 11 is 0. The van der Waals surface area contributed by atoms with Crippen LogP contribution in [0.3, 0.4) is 0 Å².